The fourth-order valence-corrected chi connectivity index (χ4v) is 4.24. The zero-order valence-electron chi connectivity index (χ0n) is 20.9. The normalized spacial score (nSPS) is 20.9. The van der Waals surface area contributed by atoms with Crippen LogP contribution in [0.1, 0.15) is 51.5 Å². The Bertz CT molecular complexity index is 1000. The van der Waals surface area contributed by atoms with E-state index < -0.39 is 23.6 Å². The smallest absolute Gasteiger partial charge is 0.247 e. The Morgan fingerprint density at radius 1 is 1.17 bits per heavy atom. The first kappa shape index (κ1) is 26.4. The van der Waals surface area contributed by atoms with Crippen LogP contribution < -0.4 is 15.4 Å². The molecule has 0 aromatic heterocycles. The number of amides is 2. The highest BCUT2D eigenvalue weighted by atomic mass is 16.6. The van der Waals surface area contributed by atoms with Crippen molar-refractivity contribution in [2.45, 2.75) is 70.1 Å². The number of methoxy groups -OCH3 is 1. The fraction of sp³-hybridized carbons (Fsp3) is 0.464. The Balaban J connectivity index is 1.81. The first-order valence-electron chi connectivity index (χ1n) is 12.2. The zero-order valence-corrected chi connectivity index (χ0v) is 20.9. The molecule has 1 fully saturated rings. The number of carbonyl (C=O) groups excluding carboxylic acids is 3. The molecule has 1 saturated heterocycles. The maximum Gasteiger partial charge on any atom is 0.247 e. The van der Waals surface area contributed by atoms with Gasteiger partial charge in [-0.15, -0.1) is 0 Å². The van der Waals surface area contributed by atoms with Gasteiger partial charge < -0.3 is 20.1 Å². The number of ether oxygens (including phenoxy) is 2. The van der Waals surface area contributed by atoms with Crippen molar-refractivity contribution in [3.05, 3.63) is 65.8 Å². The Morgan fingerprint density at radius 3 is 2.43 bits per heavy atom. The molecule has 3 rings (SSSR count). The van der Waals surface area contributed by atoms with Gasteiger partial charge in [0, 0.05) is 12.0 Å². The van der Waals surface area contributed by atoms with Crippen LogP contribution in [0.5, 0.6) is 5.75 Å². The largest absolute Gasteiger partial charge is 0.497 e. The molecule has 1 aromatic carbocycles. The third kappa shape index (κ3) is 7.15. The van der Waals surface area contributed by atoms with Gasteiger partial charge in [0.05, 0.1) is 19.8 Å². The van der Waals surface area contributed by atoms with Gasteiger partial charge in [0.15, 0.2) is 5.78 Å². The minimum Gasteiger partial charge on any atom is -0.497 e. The van der Waals surface area contributed by atoms with Crippen LogP contribution in [0.4, 0.5) is 0 Å². The molecule has 1 aromatic rings. The summed E-state index contributed by atoms with van der Waals surface area (Å²) in [5.41, 5.74) is 1.70. The fourth-order valence-electron chi connectivity index (χ4n) is 4.24. The molecule has 0 spiro atoms. The second kappa shape index (κ2) is 12.0. The lowest BCUT2D eigenvalue weighted by atomic mass is 9.94. The quantitative estimate of drug-likeness (QED) is 0.195. The lowest BCUT2D eigenvalue weighted by Gasteiger charge is -2.25. The number of benzene rings is 1. The molecule has 0 bridgehead atoms. The van der Waals surface area contributed by atoms with Crippen LogP contribution in [0.15, 0.2) is 60.2 Å². The van der Waals surface area contributed by atoms with Crippen molar-refractivity contribution in [3.8, 4) is 5.75 Å². The minimum atomic E-state index is -0.864. The summed E-state index contributed by atoms with van der Waals surface area (Å²) in [5.74, 6) is -0.160. The van der Waals surface area contributed by atoms with E-state index in [2.05, 4.69) is 23.3 Å². The predicted molar refractivity (Wildman–Crippen MR) is 135 cm³/mol. The van der Waals surface area contributed by atoms with E-state index in [0.717, 1.165) is 24.8 Å². The molecular weight excluding hydrogens is 444 g/mol. The molecule has 1 heterocycles. The zero-order chi connectivity index (χ0) is 25.4. The molecule has 0 saturated carbocycles. The van der Waals surface area contributed by atoms with Crippen LogP contribution in [0.25, 0.3) is 0 Å². The second-order valence-corrected chi connectivity index (χ2v) is 9.26. The summed E-state index contributed by atoms with van der Waals surface area (Å²) >= 11 is 0. The number of hydrogen-bond acceptors (Lipinski definition) is 5. The summed E-state index contributed by atoms with van der Waals surface area (Å²) in [6.07, 6.45) is 9.54. The SMILES string of the molecule is C=C/C=C(\CC)C(=O)N[C@@H](Cc1ccc(OC)cc1)C(=O)N[C@@H](CC1=CCCC1)C(=O)[C@@]1(C)CO1. The molecule has 188 valence electrons. The predicted octanol–water partition coefficient (Wildman–Crippen LogP) is 3.59. The van der Waals surface area contributed by atoms with Crippen molar-refractivity contribution < 1.29 is 23.9 Å². The van der Waals surface area contributed by atoms with E-state index in [-0.39, 0.29) is 18.1 Å². The number of ketones is 1. The lowest BCUT2D eigenvalue weighted by Crippen LogP contribution is -2.54. The number of hydrogen-bond donors (Lipinski definition) is 2. The highest BCUT2D eigenvalue weighted by molar-refractivity contribution is 6.00. The summed E-state index contributed by atoms with van der Waals surface area (Å²) in [6, 6.07) is 5.77. The number of nitrogens with one attached hydrogen (secondary N) is 2. The average Bonchev–Trinajstić information content (AvgIpc) is 3.40. The maximum atomic E-state index is 13.5. The summed E-state index contributed by atoms with van der Waals surface area (Å²) in [5, 5.41) is 5.81. The molecule has 7 nitrogen and oxygen atoms in total. The molecule has 7 heteroatoms. The van der Waals surface area contributed by atoms with Crippen LogP contribution in [-0.4, -0.2) is 49.0 Å². The van der Waals surface area contributed by atoms with Crippen molar-refractivity contribution in [2.24, 2.45) is 0 Å². The molecule has 0 radical (unpaired) electrons. The third-order valence-electron chi connectivity index (χ3n) is 6.55. The molecule has 3 atom stereocenters. The molecule has 2 amide bonds. The topological polar surface area (TPSA) is 97.0 Å². The number of epoxide rings is 1. The van der Waals surface area contributed by atoms with Crippen molar-refractivity contribution >= 4 is 17.6 Å². The lowest BCUT2D eigenvalue weighted by molar-refractivity contribution is -0.132. The van der Waals surface area contributed by atoms with Crippen molar-refractivity contribution in [3.63, 3.8) is 0 Å². The van der Waals surface area contributed by atoms with Gasteiger partial charge in [-0.25, -0.2) is 0 Å². The Hall–Kier alpha value is -3.19. The maximum absolute atomic E-state index is 13.5. The van der Waals surface area contributed by atoms with Crippen LogP contribution in [0.2, 0.25) is 0 Å². The first-order valence-corrected chi connectivity index (χ1v) is 12.2. The Kier molecular flexibility index (Phi) is 9.04. The number of rotatable bonds is 13. The summed E-state index contributed by atoms with van der Waals surface area (Å²) in [4.78, 5) is 39.6. The van der Waals surface area contributed by atoms with Gasteiger partial charge in [0.1, 0.15) is 17.4 Å². The van der Waals surface area contributed by atoms with E-state index in [1.54, 1.807) is 26.2 Å². The molecule has 0 unspecified atom stereocenters. The van der Waals surface area contributed by atoms with Gasteiger partial charge in [0.2, 0.25) is 11.8 Å². The number of carbonyl (C=O) groups is 3. The Morgan fingerprint density at radius 2 is 1.89 bits per heavy atom. The molecule has 1 aliphatic heterocycles. The first-order chi connectivity index (χ1) is 16.8. The van der Waals surface area contributed by atoms with E-state index in [9.17, 15) is 14.4 Å². The van der Waals surface area contributed by atoms with Crippen LogP contribution in [0.3, 0.4) is 0 Å². The number of allylic oxidation sites excluding steroid dienone is 3. The monoisotopic (exact) mass is 480 g/mol. The van der Waals surface area contributed by atoms with Gasteiger partial charge in [-0.2, -0.15) is 0 Å². The van der Waals surface area contributed by atoms with Crippen LogP contribution in [-0.2, 0) is 25.5 Å². The Labute approximate surface area is 207 Å². The van der Waals surface area contributed by atoms with Gasteiger partial charge in [-0.3, -0.25) is 14.4 Å². The molecule has 35 heavy (non-hydrogen) atoms. The van der Waals surface area contributed by atoms with Crippen molar-refractivity contribution in [1.29, 1.82) is 0 Å². The summed E-state index contributed by atoms with van der Waals surface area (Å²) < 4.78 is 10.6. The number of Topliss-reactive ketones (excluding diaryl/α,β-unsaturated/α-hetero) is 1. The molecule has 1 aliphatic carbocycles. The minimum absolute atomic E-state index is 0.131. The van der Waals surface area contributed by atoms with Gasteiger partial charge >= 0.3 is 0 Å². The van der Waals surface area contributed by atoms with E-state index in [1.165, 1.54) is 5.57 Å². The highest BCUT2D eigenvalue weighted by Gasteiger charge is 2.50. The summed E-state index contributed by atoms with van der Waals surface area (Å²) in [7, 11) is 1.59. The molecule has 2 aliphatic rings. The van der Waals surface area contributed by atoms with Crippen LogP contribution in [0, 0.1) is 0 Å². The second-order valence-electron chi connectivity index (χ2n) is 9.26. The van der Waals surface area contributed by atoms with Crippen molar-refractivity contribution in [2.75, 3.05) is 13.7 Å². The van der Waals surface area contributed by atoms with E-state index >= 15 is 0 Å². The third-order valence-corrected chi connectivity index (χ3v) is 6.55. The average molecular weight is 481 g/mol. The van der Waals surface area contributed by atoms with Gasteiger partial charge in [-0.05, 0) is 56.7 Å². The van der Waals surface area contributed by atoms with Crippen LogP contribution >= 0.6 is 0 Å². The standard InChI is InChI=1S/C28H36N2O5/c1-5-9-21(6-2)26(32)30-24(17-20-12-14-22(34-4)15-13-20)27(33)29-23(16-19-10-7-8-11-19)25(31)28(3)18-35-28/h5,9-10,12-15,23-24H,1,6-8,11,16-18H2,2-4H3,(H,29,33)(H,30,32)/b21-9+/t23-,24-,28+/m0/s1. The van der Waals surface area contributed by atoms with E-state index in [4.69, 9.17) is 9.47 Å². The van der Waals surface area contributed by atoms with E-state index in [0.29, 0.717) is 30.8 Å². The van der Waals surface area contributed by atoms with Gasteiger partial charge in [-0.1, -0.05) is 49.4 Å². The van der Waals surface area contributed by atoms with Gasteiger partial charge in [0.25, 0.3) is 0 Å². The highest BCUT2D eigenvalue weighted by Crippen LogP contribution is 2.31. The summed E-state index contributed by atoms with van der Waals surface area (Å²) in [6.45, 7) is 7.64. The van der Waals surface area contributed by atoms with E-state index in [1.807, 2.05) is 31.2 Å². The molecule has 2 N–H and O–H groups in total. The molecular formula is C28H36N2O5. The van der Waals surface area contributed by atoms with Crippen molar-refractivity contribution in [1.82, 2.24) is 10.6 Å².